The first-order valence-electron chi connectivity index (χ1n) is 25.3. The lowest BCUT2D eigenvalue weighted by molar-refractivity contribution is -0.157. The lowest BCUT2D eigenvalue weighted by atomic mass is 9.55. The van der Waals surface area contributed by atoms with E-state index in [2.05, 4.69) is 57.2 Å². The van der Waals surface area contributed by atoms with Crippen LogP contribution in [0.5, 0.6) is 5.75 Å². The van der Waals surface area contributed by atoms with Crippen LogP contribution in [0.3, 0.4) is 0 Å². The second-order valence-electron chi connectivity index (χ2n) is 19.0. The molecule has 0 bridgehead atoms. The summed E-state index contributed by atoms with van der Waals surface area (Å²) in [5.74, 6) is 2.47. The van der Waals surface area contributed by atoms with Crippen molar-refractivity contribution < 1.29 is 19.1 Å². The molecule has 2 saturated carbocycles. The molecule has 2 fully saturated rings. The van der Waals surface area contributed by atoms with Gasteiger partial charge in [0.2, 0.25) is 0 Å². The molecule has 0 heterocycles. The summed E-state index contributed by atoms with van der Waals surface area (Å²) in [7, 11) is 0. The van der Waals surface area contributed by atoms with Gasteiger partial charge in [-0.25, -0.2) is 0 Å². The van der Waals surface area contributed by atoms with Crippen molar-refractivity contribution in [2.24, 2.45) is 17.3 Å². The highest BCUT2D eigenvalue weighted by Crippen LogP contribution is 2.61. The van der Waals surface area contributed by atoms with E-state index in [1.807, 2.05) is 6.07 Å². The number of fused-ring (bicyclic) bond motifs is 5. The van der Waals surface area contributed by atoms with Gasteiger partial charge in [-0.2, -0.15) is 0 Å². The number of ether oxygens (including phenoxy) is 2. The first-order chi connectivity index (χ1) is 28.5. The second-order valence-corrected chi connectivity index (χ2v) is 19.0. The van der Waals surface area contributed by atoms with E-state index in [-0.39, 0.29) is 23.5 Å². The van der Waals surface area contributed by atoms with Crippen LogP contribution in [0, 0.1) is 17.3 Å². The predicted molar refractivity (Wildman–Crippen MR) is 245 cm³/mol. The zero-order valence-corrected chi connectivity index (χ0v) is 38.0. The Morgan fingerprint density at radius 2 is 1.10 bits per heavy atom. The molecule has 328 valence electrons. The molecular formula is C54H88O4. The van der Waals surface area contributed by atoms with Crippen LogP contribution in [-0.4, -0.2) is 18.0 Å². The molecule has 1 aromatic carbocycles. The Balaban J connectivity index is 1.05. The molecule has 0 saturated heterocycles. The lowest BCUT2D eigenvalue weighted by Crippen LogP contribution is -2.45. The van der Waals surface area contributed by atoms with Crippen LogP contribution in [0.4, 0.5) is 0 Å². The van der Waals surface area contributed by atoms with E-state index in [0.717, 1.165) is 57.1 Å². The van der Waals surface area contributed by atoms with Crippen molar-refractivity contribution >= 4 is 11.9 Å². The van der Waals surface area contributed by atoms with E-state index in [4.69, 9.17) is 9.47 Å². The Bertz CT molecular complexity index is 1330. The number of unbranched alkanes of at least 4 members (excludes halogenated alkanes) is 22. The number of benzene rings is 1. The Morgan fingerprint density at radius 1 is 0.603 bits per heavy atom. The van der Waals surface area contributed by atoms with Gasteiger partial charge < -0.3 is 9.47 Å². The number of carbonyl (C=O) groups excluding carboxylic acids is 2. The molecule has 0 aliphatic heterocycles. The zero-order chi connectivity index (χ0) is 41.1. The van der Waals surface area contributed by atoms with E-state index in [0.29, 0.717) is 30.6 Å². The largest absolute Gasteiger partial charge is 0.462 e. The summed E-state index contributed by atoms with van der Waals surface area (Å²) in [5, 5.41) is 0. The van der Waals surface area contributed by atoms with Crippen LogP contribution in [-0.2, 0) is 20.7 Å². The quantitative estimate of drug-likeness (QED) is 0.0315. The summed E-state index contributed by atoms with van der Waals surface area (Å²) in [5.41, 5.74) is 2.94. The van der Waals surface area contributed by atoms with E-state index < -0.39 is 0 Å². The van der Waals surface area contributed by atoms with Gasteiger partial charge in [0.1, 0.15) is 11.9 Å². The summed E-state index contributed by atoms with van der Waals surface area (Å²) in [6.45, 7) is 6.98. The number of allylic oxidation sites excluding steroid dienone is 4. The smallest absolute Gasteiger partial charge is 0.311 e. The molecule has 3 aliphatic rings. The van der Waals surface area contributed by atoms with Crippen molar-refractivity contribution in [3.63, 3.8) is 0 Å². The third-order valence-electron chi connectivity index (χ3n) is 14.4. The third kappa shape index (κ3) is 17.3. The fourth-order valence-electron chi connectivity index (χ4n) is 10.8. The Labute approximate surface area is 357 Å². The molecule has 4 nitrogen and oxygen atoms in total. The fourth-order valence-corrected chi connectivity index (χ4v) is 10.8. The van der Waals surface area contributed by atoms with E-state index >= 15 is 0 Å². The normalized spacial score (nSPS) is 22.6. The Kier molecular flexibility index (Phi) is 24.1. The molecule has 0 amide bonds. The molecule has 0 aromatic heterocycles. The molecule has 0 spiro atoms. The molecule has 58 heavy (non-hydrogen) atoms. The monoisotopic (exact) mass is 801 g/mol. The molecule has 4 heteroatoms. The van der Waals surface area contributed by atoms with E-state index in [9.17, 15) is 9.59 Å². The number of carbonyl (C=O) groups is 2. The van der Waals surface area contributed by atoms with Gasteiger partial charge in [-0.05, 0) is 144 Å². The van der Waals surface area contributed by atoms with Gasteiger partial charge in [0, 0.05) is 18.3 Å². The van der Waals surface area contributed by atoms with Crippen LogP contribution in [0.1, 0.15) is 250 Å². The number of hydrogen-bond donors (Lipinski definition) is 0. The summed E-state index contributed by atoms with van der Waals surface area (Å²) >= 11 is 0. The average molecular weight is 801 g/mol. The minimum absolute atomic E-state index is 0.0277. The molecule has 0 N–H and O–H groups in total. The summed E-state index contributed by atoms with van der Waals surface area (Å²) in [6.07, 6.45) is 50.2. The van der Waals surface area contributed by atoms with Gasteiger partial charge in [0.15, 0.2) is 0 Å². The van der Waals surface area contributed by atoms with Crippen molar-refractivity contribution in [2.45, 2.75) is 251 Å². The summed E-state index contributed by atoms with van der Waals surface area (Å²) in [6, 6.07) is 6.46. The molecule has 5 atom stereocenters. The van der Waals surface area contributed by atoms with E-state index in [1.54, 1.807) is 0 Å². The predicted octanol–water partition coefficient (Wildman–Crippen LogP) is 16.4. The van der Waals surface area contributed by atoms with Crippen LogP contribution in [0.15, 0.2) is 42.5 Å². The minimum Gasteiger partial charge on any atom is -0.462 e. The highest BCUT2D eigenvalue weighted by Gasteiger charge is 2.56. The standard InChI is InChI=1S/C54H88O4/c1-4-6-8-10-12-14-16-18-20-22-24-26-28-30-32-34-52(55)57-46-37-39-47-45(44-46)36-38-49-48(47)42-43-54(3)50(49)40-41-51(54)58-53(56)35-33-31-29-27-25-23-21-19-17-15-13-11-9-7-5-2/h18-21,37,39,44,48-51H,4-17,22-36,38,40-43H2,1-3H3/t48-,49-,50+,51+,54+/m1/s1. The number of hydrogen-bond acceptors (Lipinski definition) is 4. The maximum atomic E-state index is 13.0. The van der Waals surface area contributed by atoms with Crippen molar-refractivity contribution in [1.82, 2.24) is 0 Å². The van der Waals surface area contributed by atoms with Gasteiger partial charge in [-0.3, -0.25) is 9.59 Å². The van der Waals surface area contributed by atoms with Crippen LogP contribution in [0.25, 0.3) is 0 Å². The lowest BCUT2D eigenvalue weighted by Gasteiger charge is -2.50. The van der Waals surface area contributed by atoms with Gasteiger partial charge in [0.05, 0.1) is 0 Å². The van der Waals surface area contributed by atoms with Crippen LogP contribution >= 0.6 is 0 Å². The molecule has 1 aromatic rings. The van der Waals surface area contributed by atoms with Gasteiger partial charge in [-0.1, -0.05) is 154 Å². The van der Waals surface area contributed by atoms with Gasteiger partial charge in [-0.15, -0.1) is 0 Å². The molecule has 4 rings (SSSR count). The minimum atomic E-state index is -0.0940. The van der Waals surface area contributed by atoms with Crippen molar-refractivity contribution in [2.75, 3.05) is 0 Å². The van der Waals surface area contributed by atoms with Crippen LogP contribution < -0.4 is 4.74 Å². The van der Waals surface area contributed by atoms with Crippen molar-refractivity contribution in [3.05, 3.63) is 53.6 Å². The number of aryl methyl sites for hydroxylation is 1. The summed E-state index contributed by atoms with van der Waals surface area (Å²) in [4.78, 5) is 25.7. The zero-order valence-electron chi connectivity index (χ0n) is 38.0. The maximum Gasteiger partial charge on any atom is 0.311 e. The van der Waals surface area contributed by atoms with Crippen molar-refractivity contribution in [1.29, 1.82) is 0 Å². The first kappa shape index (κ1) is 48.3. The topological polar surface area (TPSA) is 52.6 Å². The van der Waals surface area contributed by atoms with Crippen LogP contribution in [0.2, 0.25) is 0 Å². The molecular weight excluding hydrogens is 713 g/mol. The Morgan fingerprint density at radius 3 is 1.66 bits per heavy atom. The van der Waals surface area contributed by atoms with Gasteiger partial charge >= 0.3 is 11.9 Å². The first-order valence-corrected chi connectivity index (χ1v) is 25.3. The molecule has 3 aliphatic carbocycles. The number of rotatable bonds is 32. The Hall–Kier alpha value is -2.36. The van der Waals surface area contributed by atoms with Crippen molar-refractivity contribution in [3.8, 4) is 5.75 Å². The van der Waals surface area contributed by atoms with E-state index in [1.165, 1.54) is 165 Å². The average Bonchev–Trinajstić information content (AvgIpc) is 3.55. The fraction of sp³-hybridized carbons (Fsp3) is 0.778. The SMILES string of the molecule is CCCCCCCCC=CCCCCCCCC(=O)Oc1ccc2c(c1)CC[C@@H]1[C@@H]2CC[C@]2(C)[C@@H](OC(=O)CCCCCCCC=CCCCCCCCC)CC[C@@H]12. The highest BCUT2D eigenvalue weighted by molar-refractivity contribution is 5.72. The third-order valence-corrected chi connectivity index (χ3v) is 14.4. The highest BCUT2D eigenvalue weighted by atomic mass is 16.5. The second kappa shape index (κ2) is 29.0. The maximum absolute atomic E-state index is 13.0. The molecule has 0 unspecified atom stereocenters. The molecule has 0 radical (unpaired) electrons. The summed E-state index contributed by atoms with van der Waals surface area (Å²) < 4.78 is 12.1. The number of esters is 2. The van der Waals surface area contributed by atoms with Gasteiger partial charge in [0.25, 0.3) is 0 Å².